The van der Waals surface area contributed by atoms with Crippen molar-refractivity contribution in [2.24, 2.45) is 0 Å². The molecule has 2 rings (SSSR count). The number of nitrogens with zero attached hydrogens (tertiary/aromatic N) is 3. The minimum absolute atomic E-state index is 0.175. The van der Waals surface area contributed by atoms with Gasteiger partial charge in [-0.2, -0.15) is 0 Å². The van der Waals surface area contributed by atoms with Crippen LogP contribution in [0.5, 0.6) is 0 Å². The van der Waals surface area contributed by atoms with Gasteiger partial charge in [0.05, 0.1) is 11.9 Å². The molecule has 6 nitrogen and oxygen atoms in total. The number of anilines is 2. The average molecular weight is 250 g/mol. The van der Waals surface area contributed by atoms with Crippen molar-refractivity contribution in [1.82, 2.24) is 9.88 Å². The van der Waals surface area contributed by atoms with E-state index >= 15 is 0 Å². The van der Waals surface area contributed by atoms with E-state index < -0.39 is 5.97 Å². The second kappa shape index (κ2) is 4.81. The summed E-state index contributed by atoms with van der Waals surface area (Å²) in [6, 6.07) is 1.90. The first-order valence-corrected chi connectivity index (χ1v) is 5.89. The van der Waals surface area contributed by atoms with Crippen LogP contribution in [0.2, 0.25) is 0 Å². The molecule has 1 saturated heterocycles. The zero-order valence-corrected chi connectivity index (χ0v) is 10.6. The van der Waals surface area contributed by atoms with Crippen molar-refractivity contribution < 1.29 is 9.90 Å². The van der Waals surface area contributed by atoms with Crippen molar-refractivity contribution in [2.45, 2.75) is 12.5 Å². The molecule has 1 aromatic heterocycles. The van der Waals surface area contributed by atoms with Crippen molar-refractivity contribution in [3.05, 3.63) is 17.8 Å². The molecule has 0 saturated carbocycles. The van der Waals surface area contributed by atoms with Crippen molar-refractivity contribution in [3.63, 3.8) is 0 Å². The third kappa shape index (κ3) is 2.38. The quantitative estimate of drug-likeness (QED) is 0.813. The molecule has 18 heavy (non-hydrogen) atoms. The Balaban J connectivity index is 2.27. The lowest BCUT2D eigenvalue weighted by Gasteiger charge is -2.22. The fourth-order valence-corrected chi connectivity index (χ4v) is 2.24. The molecule has 6 heteroatoms. The van der Waals surface area contributed by atoms with Gasteiger partial charge < -0.3 is 20.6 Å². The molecule has 1 atom stereocenters. The predicted molar refractivity (Wildman–Crippen MR) is 69.9 cm³/mol. The molecule has 2 heterocycles. The zero-order valence-electron chi connectivity index (χ0n) is 10.6. The molecule has 98 valence electrons. The Morgan fingerprint density at radius 1 is 1.61 bits per heavy atom. The Bertz CT molecular complexity index is 461. The highest BCUT2D eigenvalue weighted by molar-refractivity contribution is 5.94. The molecule has 1 aliphatic rings. The van der Waals surface area contributed by atoms with Gasteiger partial charge in [0.1, 0.15) is 11.4 Å². The van der Waals surface area contributed by atoms with E-state index in [1.54, 1.807) is 0 Å². The van der Waals surface area contributed by atoms with Gasteiger partial charge in [-0.1, -0.05) is 0 Å². The Hall–Kier alpha value is -1.82. The standard InChI is InChI=1S/C12H18N4O2/c1-15(2)9-3-4-16(7-9)11-10(12(17)18)5-8(13)6-14-11/h5-6,9H,3-4,7,13H2,1-2H3,(H,17,18). The number of nitrogens with two attached hydrogens (primary N) is 1. The van der Waals surface area contributed by atoms with E-state index in [1.807, 2.05) is 19.0 Å². The van der Waals surface area contributed by atoms with E-state index in [0.717, 1.165) is 19.5 Å². The molecule has 0 spiro atoms. The van der Waals surface area contributed by atoms with Crippen LogP contribution in [0.15, 0.2) is 12.3 Å². The van der Waals surface area contributed by atoms with E-state index in [4.69, 9.17) is 5.73 Å². The molecule has 0 bridgehead atoms. The molecule has 3 N–H and O–H groups in total. The maximum atomic E-state index is 11.2. The summed E-state index contributed by atoms with van der Waals surface area (Å²) < 4.78 is 0. The first kappa shape index (κ1) is 12.6. The summed E-state index contributed by atoms with van der Waals surface area (Å²) in [5.74, 6) is -0.473. The number of hydrogen-bond donors (Lipinski definition) is 2. The summed E-state index contributed by atoms with van der Waals surface area (Å²) in [5, 5.41) is 9.19. The normalized spacial score (nSPS) is 19.5. The fraction of sp³-hybridized carbons (Fsp3) is 0.500. The highest BCUT2D eigenvalue weighted by Crippen LogP contribution is 2.25. The van der Waals surface area contributed by atoms with E-state index in [1.165, 1.54) is 12.3 Å². The van der Waals surface area contributed by atoms with Gasteiger partial charge in [-0.25, -0.2) is 9.78 Å². The van der Waals surface area contributed by atoms with E-state index in [0.29, 0.717) is 17.5 Å². The Labute approximate surface area is 106 Å². The van der Waals surface area contributed by atoms with Crippen LogP contribution in [0.1, 0.15) is 16.8 Å². The Morgan fingerprint density at radius 2 is 2.33 bits per heavy atom. The molecule has 1 aromatic rings. The van der Waals surface area contributed by atoms with Crippen LogP contribution in [0, 0.1) is 0 Å². The van der Waals surface area contributed by atoms with Gasteiger partial charge in [-0.3, -0.25) is 0 Å². The molecule has 0 aromatic carbocycles. The smallest absolute Gasteiger partial charge is 0.339 e. The topological polar surface area (TPSA) is 82.7 Å². The summed E-state index contributed by atoms with van der Waals surface area (Å²) in [4.78, 5) is 19.5. The lowest BCUT2D eigenvalue weighted by atomic mass is 10.2. The number of aromatic nitrogens is 1. The molecular weight excluding hydrogens is 232 g/mol. The van der Waals surface area contributed by atoms with Crippen LogP contribution in [-0.4, -0.2) is 54.2 Å². The molecule has 1 aliphatic heterocycles. The van der Waals surface area contributed by atoms with E-state index in [9.17, 15) is 9.90 Å². The summed E-state index contributed by atoms with van der Waals surface area (Å²) >= 11 is 0. The number of hydrogen-bond acceptors (Lipinski definition) is 5. The third-order valence-corrected chi connectivity index (χ3v) is 3.31. The van der Waals surface area contributed by atoms with E-state index in [-0.39, 0.29) is 5.56 Å². The summed E-state index contributed by atoms with van der Waals surface area (Å²) in [6.45, 7) is 1.62. The number of carbonyl (C=O) groups is 1. The van der Waals surface area contributed by atoms with Gasteiger partial charge >= 0.3 is 5.97 Å². The SMILES string of the molecule is CN(C)C1CCN(c2ncc(N)cc2C(=O)O)C1. The summed E-state index contributed by atoms with van der Waals surface area (Å²) in [6.07, 6.45) is 2.52. The van der Waals surface area contributed by atoms with E-state index in [2.05, 4.69) is 9.88 Å². The summed E-state index contributed by atoms with van der Waals surface area (Å²) in [5.41, 5.74) is 6.14. The van der Waals surface area contributed by atoms with Crippen LogP contribution < -0.4 is 10.6 Å². The highest BCUT2D eigenvalue weighted by Gasteiger charge is 2.27. The Kier molecular flexibility index (Phi) is 3.38. The number of carboxylic acids is 1. The predicted octanol–water partition coefficient (Wildman–Crippen LogP) is 0.502. The van der Waals surface area contributed by atoms with Gasteiger partial charge in [0.25, 0.3) is 0 Å². The van der Waals surface area contributed by atoms with Gasteiger partial charge in [0, 0.05) is 19.1 Å². The molecule has 1 unspecified atom stereocenters. The van der Waals surface area contributed by atoms with Gasteiger partial charge in [-0.15, -0.1) is 0 Å². The van der Waals surface area contributed by atoms with Crippen LogP contribution in [0.25, 0.3) is 0 Å². The maximum absolute atomic E-state index is 11.2. The minimum Gasteiger partial charge on any atom is -0.478 e. The molecule has 0 aliphatic carbocycles. The fourth-order valence-electron chi connectivity index (χ4n) is 2.24. The lowest BCUT2D eigenvalue weighted by Crippen LogP contribution is -2.32. The number of pyridine rings is 1. The highest BCUT2D eigenvalue weighted by atomic mass is 16.4. The zero-order chi connectivity index (χ0) is 13.3. The second-order valence-corrected chi connectivity index (χ2v) is 4.80. The van der Waals surface area contributed by atoms with Gasteiger partial charge in [-0.05, 0) is 26.6 Å². The van der Waals surface area contributed by atoms with Gasteiger partial charge in [0.2, 0.25) is 0 Å². The largest absolute Gasteiger partial charge is 0.478 e. The van der Waals surface area contributed by atoms with Crippen LogP contribution in [0.4, 0.5) is 11.5 Å². The van der Waals surface area contributed by atoms with Crippen LogP contribution >= 0.6 is 0 Å². The second-order valence-electron chi connectivity index (χ2n) is 4.80. The first-order valence-electron chi connectivity index (χ1n) is 5.89. The lowest BCUT2D eigenvalue weighted by molar-refractivity contribution is 0.0697. The summed E-state index contributed by atoms with van der Waals surface area (Å²) in [7, 11) is 4.06. The van der Waals surface area contributed by atoms with Crippen molar-refractivity contribution in [1.29, 1.82) is 0 Å². The maximum Gasteiger partial charge on any atom is 0.339 e. The average Bonchev–Trinajstić information content (AvgIpc) is 2.78. The number of likely N-dealkylation sites (N-methyl/N-ethyl adjacent to an activating group) is 1. The third-order valence-electron chi connectivity index (χ3n) is 3.31. The first-order chi connectivity index (χ1) is 8.49. The van der Waals surface area contributed by atoms with Crippen LogP contribution in [0.3, 0.4) is 0 Å². The van der Waals surface area contributed by atoms with Crippen molar-refractivity contribution in [3.8, 4) is 0 Å². The number of rotatable bonds is 3. The van der Waals surface area contributed by atoms with Crippen molar-refractivity contribution >= 4 is 17.5 Å². The number of nitrogen functional groups attached to an aromatic ring is 1. The monoisotopic (exact) mass is 250 g/mol. The molecule has 1 fully saturated rings. The minimum atomic E-state index is -0.988. The van der Waals surface area contributed by atoms with Crippen molar-refractivity contribution in [2.75, 3.05) is 37.8 Å². The number of carboxylic acid groups (broad SMARTS) is 1. The molecular formula is C12H18N4O2. The van der Waals surface area contributed by atoms with Gasteiger partial charge in [0.15, 0.2) is 0 Å². The molecule has 0 radical (unpaired) electrons. The molecule has 0 amide bonds. The Morgan fingerprint density at radius 3 is 2.89 bits per heavy atom. The number of aromatic carboxylic acids is 1. The van der Waals surface area contributed by atoms with Crippen LogP contribution in [-0.2, 0) is 0 Å².